The van der Waals surface area contributed by atoms with Crippen LogP contribution in [0, 0.1) is 13.8 Å². The molecule has 0 radical (unpaired) electrons. The molecular weight excluding hydrogens is 576 g/mol. The van der Waals surface area contributed by atoms with Gasteiger partial charge in [0.25, 0.3) is 0 Å². The van der Waals surface area contributed by atoms with Crippen molar-refractivity contribution < 1.29 is 28.7 Å². The Morgan fingerprint density at radius 2 is 1.07 bits per heavy atom. The summed E-state index contributed by atoms with van der Waals surface area (Å²) in [6.45, 7) is 7.96. The Bertz CT molecular complexity index is 1910. The predicted molar refractivity (Wildman–Crippen MR) is 178 cm³/mol. The maximum absolute atomic E-state index is 12.9. The fourth-order valence-electron chi connectivity index (χ4n) is 5.48. The molecule has 2 aliphatic rings. The van der Waals surface area contributed by atoms with E-state index in [1.165, 1.54) is 13.2 Å². The molecule has 0 fully saturated rings. The number of methoxy groups -OCH3 is 1. The minimum absolute atomic E-state index is 0.0401. The van der Waals surface area contributed by atoms with E-state index in [-0.39, 0.29) is 40.5 Å². The molecule has 4 aromatic rings. The van der Waals surface area contributed by atoms with E-state index < -0.39 is 11.8 Å². The van der Waals surface area contributed by atoms with Gasteiger partial charge in [0, 0.05) is 46.2 Å². The molecule has 6 rings (SSSR count). The van der Waals surface area contributed by atoms with Crippen molar-refractivity contribution in [3.8, 4) is 0 Å². The summed E-state index contributed by atoms with van der Waals surface area (Å²) in [7, 11) is 1.21. The van der Waals surface area contributed by atoms with Crippen LogP contribution in [0.25, 0.3) is 0 Å². The van der Waals surface area contributed by atoms with E-state index >= 15 is 0 Å². The molecule has 0 amide bonds. The lowest BCUT2D eigenvalue weighted by molar-refractivity contribution is -0.135. The van der Waals surface area contributed by atoms with Crippen molar-refractivity contribution in [1.82, 2.24) is 0 Å². The van der Waals surface area contributed by atoms with Crippen molar-refractivity contribution in [2.24, 2.45) is 0 Å². The highest BCUT2D eigenvalue weighted by molar-refractivity contribution is 6.35. The lowest BCUT2D eigenvalue weighted by Crippen LogP contribution is -2.28. The highest BCUT2D eigenvalue weighted by Crippen LogP contribution is 2.29. The van der Waals surface area contributed by atoms with E-state index in [0.29, 0.717) is 28.7 Å². The quantitative estimate of drug-likeness (QED) is 0.170. The first-order valence-corrected chi connectivity index (χ1v) is 15.2. The Morgan fingerprint density at radius 3 is 1.59 bits per heavy atom. The number of ketones is 4. The number of ether oxygens (including phenoxy) is 1. The number of Topliss-reactive ketones (excluding diaryl/α,β-unsaturated/α-hetero) is 3. The molecule has 2 aliphatic carbocycles. The van der Waals surface area contributed by atoms with E-state index in [0.717, 1.165) is 22.3 Å². The molecule has 0 aliphatic heterocycles. The van der Waals surface area contributed by atoms with E-state index in [1.54, 1.807) is 48.5 Å². The second-order valence-electron chi connectivity index (χ2n) is 10.8. The van der Waals surface area contributed by atoms with Crippen LogP contribution in [0.15, 0.2) is 120 Å². The van der Waals surface area contributed by atoms with Crippen LogP contribution in [0.2, 0.25) is 0 Å². The minimum atomic E-state index is -0.773. The normalized spacial score (nSPS) is 13.4. The summed E-state index contributed by atoms with van der Waals surface area (Å²) in [4.78, 5) is 62.2. The van der Waals surface area contributed by atoms with Crippen LogP contribution >= 0.6 is 0 Å². The summed E-state index contributed by atoms with van der Waals surface area (Å²) in [6.07, 6.45) is 2.19. The average molecular weight is 613 g/mol. The molecule has 0 heterocycles. The lowest BCUT2D eigenvalue weighted by atomic mass is 9.81. The molecule has 0 unspecified atom stereocenters. The molecule has 0 bridgehead atoms. The highest BCUT2D eigenvalue weighted by Gasteiger charge is 2.36. The predicted octanol–water partition coefficient (Wildman–Crippen LogP) is 7.66. The first-order valence-electron chi connectivity index (χ1n) is 15.2. The SMILES string of the molecule is CC.COC(=O)C1=C(Cc2cccc(C)c2)C(=O)c2ccccc2C1=O.Cc1cccc(CC2=CC(=O)c3ccccc3C2=O)c1. The van der Waals surface area contributed by atoms with Crippen LogP contribution in [-0.2, 0) is 22.4 Å². The van der Waals surface area contributed by atoms with Gasteiger partial charge in [0.1, 0.15) is 5.57 Å². The van der Waals surface area contributed by atoms with Crippen LogP contribution in [0.4, 0.5) is 0 Å². The second-order valence-corrected chi connectivity index (χ2v) is 10.8. The molecule has 0 atom stereocenters. The van der Waals surface area contributed by atoms with Crippen LogP contribution < -0.4 is 0 Å². The third kappa shape index (κ3) is 7.24. The number of allylic oxidation sites excluding steroid dienone is 3. The van der Waals surface area contributed by atoms with Gasteiger partial charge in [-0.25, -0.2) is 4.79 Å². The highest BCUT2D eigenvalue weighted by atomic mass is 16.5. The first kappa shape index (κ1) is 33.4. The van der Waals surface area contributed by atoms with Crippen molar-refractivity contribution in [3.63, 3.8) is 0 Å². The Morgan fingerprint density at radius 1 is 0.587 bits per heavy atom. The van der Waals surface area contributed by atoms with Crippen LogP contribution in [0.5, 0.6) is 0 Å². The molecule has 6 nitrogen and oxygen atoms in total. The number of fused-ring (bicyclic) bond motifs is 2. The van der Waals surface area contributed by atoms with E-state index in [1.807, 2.05) is 76.2 Å². The molecule has 0 saturated carbocycles. The van der Waals surface area contributed by atoms with Crippen molar-refractivity contribution in [1.29, 1.82) is 0 Å². The Balaban J connectivity index is 0.000000201. The summed E-state index contributed by atoms with van der Waals surface area (Å²) in [5, 5.41) is 0. The number of aryl methyl sites for hydroxylation is 2. The van der Waals surface area contributed by atoms with Crippen molar-refractivity contribution in [2.75, 3.05) is 7.11 Å². The number of benzene rings is 4. The van der Waals surface area contributed by atoms with Gasteiger partial charge in [0.2, 0.25) is 5.78 Å². The summed E-state index contributed by atoms with van der Waals surface area (Å²) >= 11 is 0. The maximum Gasteiger partial charge on any atom is 0.342 e. The van der Waals surface area contributed by atoms with Gasteiger partial charge in [0.15, 0.2) is 17.3 Å². The molecule has 4 aromatic carbocycles. The minimum Gasteiger partial charge on any atom is -0.465 e. The molecule has 6 heteroatoms. The smallest absolute Gasteiger partial charge is 0.342 e. The van der Waals surface area contributed by atoms with E-state index in [4.69, 9.17) is 4.74 Å². The van der Waals surface area contributed by atoms with E-state index in [9.17, 15) is 24.0 Å². The summed E-state index contributed by atoms with van der Waals surface area (Å²) < 4.78 is 4.75. The van der Waals surface area contributed by atoms with Gasteiger partial charge in [-0.3, -0.25) is 19.2 Å². The summed E-state index contributed by atoms with van der Waals surface area (Å²) in [5.41, 5.74) is 6.31. The Labute approximate surface area is 269 Å². The molecule has 0 saturated heterocycles. The van der Waals surface area contributed by atoms with Gasteiger partial charge < -0.3 is 4.74 Å². The number of hydrogen-bond donors (Lipinski definition) is 0. The molecule has 232 valence electrons. The van der Waals surface area contributed by atoms with Crippen molar-refractivity contribution in [3.05, 3.63) is 164 Å². The summed E-state index contributed by atoms with van der Waals surface area (Å²) in [6, 6.07) is 29.2. The van der Waals surface area contributed by atoms with Gasteiger partial charge in [-0.15, -0.1) is 0 Å². The lowest BCUT2D eigenvalue weighted by Gasteiger charge is -2.20. The number of carbonyl (C=O) groups is 5. The Hall–Kier alpha value is -5.49. The van der Waals surface area contributed by atoms with E-state index in [2.05, 4.69) is 0 Å². The molecule has 0 spiro atoms. The fraction of sp³-hybridized carbons (Fsp3) is 0.175. The van der Waals surface area contributed by atoms with Gasteiger partial charge in [0.05, 0.1) is 7.11 Å². The van der Waals surface area contributed by atoms with Gasteiger partial charge >= 0.3 is 5.97 Å². The van der Waals surface area contributed by atoms with Gasteiger partial charge in [-0.1, -0.05) is 122 Å². The number of rotatable bonds is 5. The third-order valence-corrected chi connectivity index (χ3v) is 7.58. The number of esters is 1. The van der Waals surface area contributed by atoms with Crippen LogP contribution in [0.1, 0.15) is 77.5 Å². The monoisotopic (exact) mass is 612 g/mol. The molecule has 0 aromatic heterocycles. The zero-order chi connectivity index (χ0) is 33.4. The zero-order valence-electron chi connectivity index (χ0n) is 26.7. The summed E-state index contributed by atoms with van der Waals surface area (Å²) in [5.74, 6) is -1.65. The largest absolute Gasteiger partial charge is 0.465 e. The topological polar surface area (TPSA) is 94.6 Å². The first-order chi connectivity index (χ1) is 22.2. The number of carbonyl (C=O) groups excluding carboxylic acids is 5. The molecular formula is C40H36O6. The zero-order valence-corrected chi connectivity index (χ0v) is 26.7. The number of hydrogen-bond acceptors (Lipinski definition) is 6. The standard InChI is InChI=1S/C20H16O4.C18H14O2.C2H6/c1-12-6-5-7-13(10-12)11-16-17(20(23)24-2)19(22)15-9-4-3-8-14(15)18(16)21;1-12-5-4-6-13(9-12)10-14-11-17(19)15-7-2-3-8-16(15)18(14)20;1-2/h3-10H,11H2,1-2H3;2-9,11H,10H2,1H3;1-2H3. The van der Waals surface area contributed by atoms with Crippen molar-refractivity contribution >= 4 is 29.1 Å². The van der Waals surface area contributed by atoms with Crippen LogP contribution in [-0.4, -0.2) is 36.2 Å². The Kier molecular flexibility index (Phi) is 10.9. The average Bonchev–Trinajstić information content (AvgIpc) is 3.07. The maximum atomic E-state index is 12.9. The fourth-order valence-corrected chi connectivity index (χ4v) is 5.48. The van der Waals surface area contributed by atoms with Gasteiger partial charge in [-0.05, 0) is 31.1 Å². The van der Waals surface area contributed by atoms with Crippen molar-refractivity contribution in [2.45, 2.75) is 40.5 Å². The second kappa shape index (κ2) is 15.0. The van der Waals surface area contributed by atoms with Crippen LogP contribution in [0.3, 0.4) is 0 Å². The third-order valence-electron chi connectivity index (χ3n) is 7.58. The molecule has 0 N–H and O–H groups in total. The molecule has 46 heavy (non-hydrogen) atoms. The van der Waals surface area contributed by atoms with Gasteiger partial charge in [-0.2, -0.15) is 0 Å².